The van der Waals surface area contributed by atoms with Gasteiger partial charge in [0.1, 0.15) is 0 Å². The van der Waals surface area contributed by atoms with Gasteiger partial charge in [-0.15, -0.1) is 0 Å². The van der Waals surface area contributed by atoms with E-state index >= 15 is 0 Å². The first-order valence-electron chi connectivity index (χ1n) is 7.73. The third kappa shape index (κ3) is 3.48. The lowest BCUT2D eigenvalue weighted by Gasteiger charge is -2.26. The molecular weight excluding hydrogens is 274 g/mol. The van der Waals surface area contributed by atoms with Crippen molar-refractivity contribution in [1.82, 2.24) is 0 Å². The molecule has 0 aromatic heterocycles. The number of ether oxygens (including phenoxy) is 1. The lowest BCUT2D eigenvalue weighted by Crippen LogP contribution is -2.27. The summed E-state index contributed by atoms with van der Waals surface area (Å²) < 4.78 is 4.72. The van der Waals surface area contributed by atoms with E-state index in [4.69, 9.17) is 4.74 Å². The van der Waals surface area contributed by atoms with E-state index in [0.717, 1.165) is 30.5 Å². The first-order valence-corrected chi connectivity index (χ1v) is 7.73. The molecule has 0 bridgehead atoms. The zero-order valence-electron chi connectivity index (χ0n) is 12.8. The van der Waals surface area contributed by atoms with Crippen molar-refractivity contribution in [1.29, 1.82) is 0 Å². The topological polar surface area (TPSA) is 38.3 Å². The van der Waals surface area contributed by atoms with Crippen molar-refractivity contribution in [2.45, 2.75) is 31.7 Å². The molecule has 3 nitrogen and oxygen atoms in total. The smallest absolute Gasteiger partial charge is 0.309 e. The summed E-state index contributed by atoms with van der Waals surface area (Å²) in [5, 5.41) is 3.60. The van der Waals surface area contributed by atoms with Crippen LogP contribution in [0.15, 0.2) is 48.5 Å². The minimum Gasteiger partial charge on any atom is -0.469 e. The Bertz CT molecular complexity index is 666. The standard InChI is InChI=1S/C19H21NO2/c1-22-19(21)12-14-5-4-8-17(11-14)20-18-10-9-15-6-2-3-7-16(15)13-18/h2-8,11,18,20H,9-10,12-13H2,1H3. The molecule has 1 unspecified atom stereocenters. The van der Waals surface area contributed by atoms with Crippen molar-refractivity contribution < 1.29 is 9.53 Å². The van der Waals surface area contributed by atoms with Crippen LogP contribution in [0.5, 0.6) is 0 Å². The highest BCUT2D eigenvalue weighted by Gasteiger charge is 2.18. The molecule has 0 saturated carbocycles. The maximum absolute atomic E-state index is 11.4. The van der Waals surface area contributed by atoms with Crippen LogP contribution >= 0.6 is 0 Å². The van der Waals surface area contributed by atoms with Gasteiger partial charge in [0, 0.05) is 11.7 Å². The molecule has 3 rings (SSSR count). The van der Waals surface area contributed by atoms with Crippen LogP contribution in [0.2, 0.25) is 0 Å². The normalized spacial score (nSPS) is 16.7. The SMILES string of the molecule is COC(=O)Cc1cccc(NC2CCc3ccccc3C2)c1. The zero-order chi connectivity index (χ0) is 15.4. The molecule has 0 fully saturated rings. The number of esters is 1. The summed E-state index contributed by atoms with van der Waals surface area (Å²) in [5.74, 6) is -0.205. The molecule has 0 saturated heterocycles. The van der Waals surface area contributed by atoms with Crippen LogP contribution in [0.1, 0.15) is 23.1 Å². The first kappa shape index (κ1) is 14.6. The molecule has 1 aliphatic rings. The minimum atomic E-state index is -0.205. The Morgan fingerprint density at radius 2 is 2.00 bits per heavy atom. The molecule has 114 valence electrons. The highest BCUT2D eigenvalue weighted by molar-refractivity contribution is 5.72. The van der Waals surface area contributed by atoms with Gasteiger partial charge >= 0.3 is 5.97 Å². The Labute approximate surface area is 131 Å². The van der Waals surface area contributed by atoms with Crippen molar-refractivity contribution >= 4 is 11.7 Å². The Hall–Kier alpha value is -2.29. The molecule has 0 radical (unpaired) electrons. The third-order valence-electron chi connectivity index (χ3n) is 4.22. The van der Waals surface area contributed by atoms with Gasteiger partial charge < -0.3 is 10.1 Å². The predicted molar refractivity (Wildman–Crippen MR) is 88.0 cm³/mol. The maximum atomic E-state index is 11.4. The average molecular weight is 295 g/mol. The Morgan fingerprint density at radius 3 is 2.82 bits per heavy atom. The van der Waals surface area contributed by atoms with Gasteiger partial charge in [-0.1, -0.05) is 36.4 Å². The van der Waals surface area contributed by atoms with E-state index in [1.165, 1.54) is 18.2 Å². The highest BCUT2D eigenvalue weighted by atomic mass is 16.5. The van der Waals surface area contributed by atoms with Gasteiger partial charge in [0.05, 0.1) is 13.5 Å². The summed E-state index contributed by atoms with van der Waals surface area (Å²) in [6.07, 6.45) is 3.63. The van der Waals surface area contributed by atoms with Gasteiger partial charge in [-0.25, -0.2) is 0 Å². The van der Waals surface area contributed by atoms with E-state index < -0.39 is 0 Å². The monoisotopic (exact) mass is 295 g/mol. The van der Waals surface area contributed by atoms with Crippen molar-refractivity contribution in [3.63, 3.8) is 0 Å². The molecule has 0 amide bonds. The lowest BCUT2D eigenvalue weighted by molar-refractivity contribution is -0.139. The molecule has 2 aromatic carbocycles. The molecule has 0 aliphatic heterocycles. The fourth-order valence-electron chi connectivity index (χ4n) is 3.07. The van der Waals surface area contributed by atoms with Crippen LogP contribution < -0.4 is 5.32 Å². The van der Waals surface area contributed by atoms with Crippen molar-refractivity contribution in [2.75, 3.05) is 12.4 Å². The predicted octanol–water partition coefficient (Wildman–Crippen LogP) is 3.37. The van der Waals surface area contributed by atoms with Gasteiger partial charge in [-0.05, 0) is 48.1 Å². The summed E-state index contributed by atoms with van der Waals surface area (Å²) in [5.41, 5.74) is 4.97. The van der Waals surface area contributed by atoms with Crippen LogP contribution in [0.25, 0.3) is 0 Å². The first-order chi connectivity index (χ1) is 10.7. The number of nitrogens with one attached hydrogen (secondary N) is 1. The maximum Gasteiger partial charge on any atom is 0.309 e. The number of hydrogen-bond acceptors (Lipinski definition) is 3. The number of hydrogen-bond donors (Lipinski definition) is 1. The Balaban J connectivity index is 1.67. The van der Waals surface area contributed by atoms with E-state index in [-0.39, 0.29) is 5.97 Å². The van der Waals surface area contributed by atoms with Crippen LogP contribution in [-0.4, -0.2) is 19.1 Å². The Morgan fingerprint density at radius 1 is 1.18 bits per heavy atom. The third-order valence-corrected chi connectivity index (χ3v) is 4.22. The summed E-state index contributed by atoms with van der Waals surface area (Å²) in [6, 6.07) is 17.2. The fourth-order valence-corrected chi connectivity index (χ4v) is 3.07. The van der Waals surface area contributed by atoms with Crippen molar-refractivity contribution in [3.05, 3.63) is 65.2 Å². The quantitative estimate of drug-likeness (QED) is 0.879. The number of methoxy groups -OCH3 is 1. The molecule has 1 aliphatic carbocycles. The fraction of sp³-hybridized carbons (Fsp3) is 0.316. The molecule has 0 heterocycles. The van der Waals surface area contributed by atoms with Gasteiger partial charge in [0.2, 0.25) is 0 Å². The van der Waals surface area contributed by atoms with E-state index in [9.17, 15) is 4.79 Å². The van der Waals surface area contributed by atoms with Crippen molar-refractivity contribution in [3.8, 4) is 0 Å². The number of benzene rings is 2. The van der Waals surface area contributed by atoms with Gasteiger partial charge in [-0.3, -0.25) is 4.79 Å². The van der Waals surface area contributed by atoms with Crippen LogP contribution in [0, 0.1) is 0 Å². The molecular formula is C19H21NO2. The number of carbonyl (C=O) groups excluding carboxylic acids is 1. The van der Waals surface area contributed by atoms with E-state index in [1.807, 2.05) is 18.2 Å². The number of carbonyl (C=O) groups is 1. The molecule has 2 aromatic rings. The molecule has 3 heteroatoms. The summed E-state index contributed by atoms with van der Waals surface area (Å²) >= 11 is 0. The second-order valence-electron chi connectivity index (χ2n) is 5.81. The van der Waals surface area contributed by atoms with Crippen LogP contribution in [0.3, 0.4) is 0 Å². The molecule has 22 heavy (non-hydrogen) atoms. The minimum absolute atomic E-state index is 0.205. The number of fused-ring (bicyclic) bond motifs is 1. The summed E-state index contributed by atoms with van der Waals surface area (Å²) in [6.45, 7) is 0. The van der Waals surface area contributed by atoms with Crippen LogP contribution in [-0.2, 0) is 28.8 Å². The van der Waals surface area contributed by atoms with E-state index in [1.54, 1.807) is 0 Å². The highest BCUT2D eigenvalue weighted by Crippen LogP contribution is 2.24. The average Bonchev–Trinajstić information content (AvgIpc) is 2.55. The van der Waals surface area contributed by atoms with Crippen LogP contribution in [0.4, 0.5) is 5.69 Å². The van der Waals surface area contributed by atoms with Crippen molar-refractivity contribution in [2.24, 2.45) is 0 Å². The zero-order valence-corrected chi connectivity index (χ0v) is 12.8. The van der Waals surface area contributed by atoms with Gasteiger partial charge in [0.25, 0.3) is 0 Å². The summed E-state index contributed by atoms with van der Waals surface area (Å²) in [4.78, 5) is 11.4. The molecule has 1 N–H and O–H groups in total. The van der Waals surface area contributed by atoms with E-state index in [0.29, 0.717) is 12.5 Å². The second kappa shape index (κ2) is 6.65. The molecule has 1 atom stereocenters. The molecule has 0 spiro atoms. The summed E-state index contributed by atoms with van der Waals surface area (Å²) in [7, 11) is 1.42. The van der Waals surface area contributed by atoms with Gasteiger partial charge in [0.15, 0.2) is 0 Å². The number of rotatable bonds is 4. The lowest BCUT2D eigenvalue weighted by atomic mass is 9.88. The van der Waals surface area contributed by atoms with E-state index in [2.05, 4.69) is 35.6 Å². The number of aryl methyl sites for hydroxylation is 1. The Kier molecular flexibility index (Phi) is 4.42. The largest absolute Gasteiger partial charge is 0.469 e. The number of anilines is 1. The van der Waals surface area contributed by atoms with Gasteiger partial charge in [-0.2, -0.15) is 0 Å². The second-order valence-corrected chi connectivity index (χ2v) is 5.81.